The van der Waals surface area contributed by atoms with Gasteiger partial charge in [0.15, 0.2) is 5.69 Å². The third kappa shape index (κ3) is 6.02. The molecule has 184 valence electrons. The van der Waals surface area contributed by atoms with E-state index in [4.69, 9.17) is 11.5 Å². The fourth-order valence-corrected chi connectivity index (χ4v) is 4.24. The molecule has 1 heterocycles. The molecule has 35 heavy (non-hydrogen) atoms. The summed E-state index contributed by atoms with van der Waals surface area (Å²) in [4.78, 5) is 40.1. The molecule has 0 fully saturated rings. The Hall–Kier alpha value is -3.79. The second-order valence-corrected chi connectivity index (χ2v) is 9.35. The second-order valence-electron chi connectivity index (χ2n) is 8.58. The van der Waals surface area contributed by atoms with Crippen molar-refractivity contribution in [3.63, 3.8) is 0 Å². The molecule has 0 spiro atoms. The predicted molar refractivity (Wildman–Crippen MR) is 135 cm³/mol. The van der Waals surface area contributed by atoms with Crippen LogP contribution in [0.3, 0.4) is 0 Å². The van der Waals surface area contributed by atoms with Gasteiger partial charge in [-0.05, 0) is 54.6 Å². The Morgan fingerprint density at radius 3 is 2.40 bits per heavy atom. The van der Waals surface area contributed by atoms with Gasteiger partial charge in [-0.2, -0.15) is 4.37 Å². The van der Waals surface area contributed by atoms with Gasteiger partial charge in [0.2, 0.25) is 5.91 Å². The molecule has 5 N–H and O–H groups in total. The molecule has 0 radical (unpaired) electrons. The minimum absolute atomic E-state index is 0.0739. The summed E-state index contributed by atoms with van der Waals surface area (Å²) in [5.41, 5.74) is 12.6. The highest BCUT2D eigenvalue weighted by Crippen LogP contribution is 2.33. The Bertz CT molecular complexity index is 1230. The first kappa shape index (κ1) is 25.8. The summed E-state index contributed by atoms with van der Waals surface area (Å²) in [6, 6.07) is 11.4. The minimum atomic E-state index is -1.14. The lowest BCUT2D eigenvalue weighted by atomic mass is 10.0. The van der Waals surface area contributed by atoms with Crippen molar-refractivity contribution in [1.82, 2.24) is 9.69 Å². The summed E-state index contributed by atoms with van der Waals surface area (Å²) in [5.74, 6) is -2.25. The number of rotatable bonds is 9. The average molecular weight is 498 g/mol. The Kier molecular flexibility index (Phi) is 8.18. The maximum absolute atomic E-state index is 14.3. The molecule has 2 aromatic carbocycles. The van der Waals surface area contributed by atoms with Crippen LogP contribution in [0.25, 0.3) is 0 Å². The second kappa shape index (κ2) is 11.1. The van der Waals surface area contributed by atoms with E-state index in [9.17, 15) is 18.8 Å². The van der Waals surface area contributed by atoms with Gasteiger partial charge in [0.1, 0.15) is 16.7 Å². The number of nitrogens with zero attached hydrogens (tertiary/aromatic N) is 2. The molecule has 0 aliphatic carbocycles. The molecule has 0 aliphatic heterocycles. The number of carbonyl (C=O) groups is 3. The molecule has 0 unspecified atom stereocenters. The lowest BCUT2D eigenvalue weighted by Gasteiger charge is -2.31. The van der Waals surface area contributed by atoms with Crippen molar-refractivity contribution in [2.45, 2.75) is 33.2 Å². The zero-order valence-electron chi connectivity index (χ0n) is 19.7. The standard InChI is InChI=1S/C25H28FN5O3S/c1-14(2)11-12-29-24(33)21(16-9-7-15(3)8-10-16)31(18-6-4-5-17(26)13-18)25(34)22-19(27)20(23(28)32)30-35-22/h4-10,13-14,21H,11-12,27H2,1-3H3,(H2,28,32)(H,29,33)/t21-/m1/s1. The number of nitrogen functional groups attached to an aromatic ring is 1. The quantitative estimate of drug-likeness (QED) is 0.414. The first-order valence-corrected chi connectivity index (χ1v) is 11.9. The van der Waals surface area contributed by atoms with E-state index in [0.29, 0.717) is 29.6 Å². The zero-order valence-corrected chi connectivity index (χ0v) is 20.6. The first-order valence-electron chi connectivity index (χ1n) is 11.1. The summed E-state index contributed by atoms with van der Waals surface area (Å²) in [6.07, 6.45) is 0.740. The summed E-state index contributed by atoms with van der Waals surface area (Å²) in [7, 11) is 0. The highest BCUT2D eigenvalue weighted by atomic mass is 32.1. The number of primary amides is 1. The lowest BCUT2D eigenvalue weighted by molar-refractivity contribution is -0.122. The van der Waals surface area contributed by atoms with Gasteiger partial charge in [-0.15, -0.1) is 0 Å². The van der Waals surface area contributed by atoms with Gasteiger partial charge < -0.3 is 16.8 Å². The zero-order chi connectivity index (χ0) is 25.7. The fourth-order valence-electron chi connectivity index (χ4n) is 3.50. The number of carbonyl (C=O) groups excluding carboxylic acids is 3. The van der Waals surface area contributed by atoms with E-state index in [2.05, 4.69) is 9.69 Å². The lowest BCUT2D eigenvalue weighted by Crippen LogP contribution is -2.44. The summed E-state index contributed by atoms with van der Waals surface area (Å²) >= 11 is 0.696. The van der Waals surface area contributed by atoms with E-state index in [-0.39, 0.29) is 21.9 Å². The number of hydrogen-bond donors (Lipinski definition) is 3. The molecule has 3 rings (SSSR count). The average Bonchev–Trinajstić information content (AvgIpc) is 3.19. The van der Waals surface area contributed by atoms with Crippen molar-refractivity contribution in [2.24, 2.45) is 11.7 Å². The normalized spacial score (nSPS) is 11.8. The van der Waals surface area contributed by atoms with Crippen LogP contribution in [0.4, 0.5) is 15.8 Å². The van der Waals surface area contributed by atoms with Crippen LogP contribution in [-0.4, -0.2) is 28.6 Å². The molecule has 1 atom stereocenters. The van der Waals surface area contributed by atoms with Crippen LogP contribution in [0.15, 0.2) is 48.5 Å². The van der Waals surface area contributed by atoms with E-state index in [0.717, 1.165) is 18.1 Å². The fraction of sp³-hybridized carbons (Fsp3) is 0.280. The Balaban J connectivity index is 2.16. The summed E-state index contributed by atoms with van der Waals surface area (Å²) in [5, 5.41) is 2.89. The number of aromatic nitrogens is 1. The number of nitrogens with two attached hydrogens (primary N) is 2. The van der Waals surface area contributed by atoms with Crippen LogP contribution in [0.1, 0.15) is 57.6 Å². The van der Waals surface area contributed by atoms with Crippen LogP contribution in [0, 0.1) is 18.7 Å². The molecule has 3 amide bonds. The van der Waals surface area contributed by atoms with Crippen molar-refractivity contribution in [2.75, 3.05) is 17.2 Å². The molecular formula is C25H28FN5O3S. The number of hydrogen-bond acceptors (Lipinski definition) is 6. The Labute approximate surface area is 207 Å². The molecule has 0 aliphatic rings. The van der Waals surface area contributed by atoms with Gasteiger partial charge in [0, 0.05) is 12.2 Å². The van der Waals surface area contributed by atoms with Gasteiger partial charge in [-0.1, -0.05) is 49.7 Å². The van der Waals surface area contributed by atoms with E-state index in [1.54, 1.807) is 12.1 Å². The topological polar surface area (TPSA) is 131 Å². The highest BCUT2D eigenvalue weighted by molar-refractivity contribution is 7.09. The smallest absolute Gasteiger partial charge is 0.273 e. The SMILES string of the molecule is Cc1ccc([C@H](C(=O)NCCC(C)C)N(C(=O)c2snc(C(N)=O)c2N)c2cccc(F)c2)cc1. The summed E-state index contributed by atoms with van der Waals surface area (Å²) in [6.45, 7) is 6.38. The molecule has 3 aromatic rings. The Morgan fingerprint density at radius 2 is 1.83 bits per heavy atom. The predicted octanol–water partition coefficient (Wildman–Crippen LogP) is 3.82. The van der Waals surface area contributed by atoms with E-state index >= 15 is 0 Å². The monoisotopic (exact) mass is 497 g/mol. The Morgan fingerprint density at radius 1 is 1.14 bits per heavy atom. The molecule has 0 saturated heterocycles. The van der Waals surface area contributed by atoms with Crippen LogP contribution in [0.5, 0.6) is 0 Å². The third-order valence-electron chi connectivity index (χ3n) is 5.38. The summed E-state index contributed by atoms with van der Waals surface area (Å²) < 4.78 is 18.2. The third-order valence-corrected chi connectivity index (χ3v) is 6.23. The molecule has 0 saturated carbocycles. The maximum Gasteiger partial charge on any atom is 0.273 e. The molecule has 0 bridgehead atoms. The van der Waals surface area contributed by atoms with Crippen molar-refractivity contribution in [3.05, 3.63) is 76.0 Å². The number of anilines is 2. The maximum atomic E-state index is 14.3. The number of aryl methyl sites for hydroxylation is 1. The van der Waals surface area contributed by atoms with E-state index < -0.39 is 29.6 Å². The molecular weight excluding hydrogens is 469 g/mol. The van der Waals surface area contributed by atoms with Crippen LogP contribution >= 0.6 is 11.5 Å². The van der Waals surface area contributed by atoms with Gasteiger partial charge in [-0.3, -0.25) is 19.3 Å². The number of halogens is 1. The molecule has 1 aromatic heterocycles. The largest absolute Gasteiger partial charge is 0.395 e. The van der Waals surface area contributed by atoms with Gasteiger partial charge in [-0.25, -0.2) is 4.39 Å². The van der Waals surface area contributed by atoms with E-state index in [1.807, 2.05) is 32.9 Å². The van der Waals surface area contributed by atoms with Crippen LogP contribution in [0.2, 0.25) is 0 Å². The van der Waals surface area contributed by atoms with Crippen LogP contribution < -0.4 is 21.7 Å². The van der Waals surface area contributed by atoms with Gasteiger partial charge in [0.25, 0.3) is 11.8 Å². The van der Waals surface area contributed by atoms with Crippen LogP contribution in [-0.2, 0) is 4.79 Å². The van der Waals surface area contributed by atoms with Gasteiger partial charge in [0.05, 0.1) is 5.69 Å². The van der Waals surface area contributed by atoms with Crippen molar-refractivity contribution in [1.29, 1.82) is 0 Å². The van der Waals surface area contributed by atoms with E-state index in [1.165, 1.54) is 23.1 Å². The van der Waals surface area contributed by atoms with Crippen molar-refractivity contribution in [3.8, 4) is 0 Å². The van der Waals surface area contributed by atoms with Gasteiger partial charge >= 0.3 is 0 Å². The highest BCUT2D eigenvalue weighted by Gasteiger charge is 2.36. The molecule has 10 heteroatoms. The number of amides is 3. The number of benzene rings is 2. The minimum Gasteiger partial charge on any atom is -0.395 e. The van der Waals surface area contributed by atoms with Crippen molar-refractivity contribution < 1.29 is 18.8 Å². The number of nitrogens with one attached hydrogen (secondary N) is 1. The molecule has 8 nitrogen and oxygen atoms in total. The first-order chi connectivity index (χ1) is 16.6. The van der Waals surface area contributed by atoms with Crippen molar-refractivity contribution >= 4 is 40.6 Å².